The molecule has 1 amide bonds. The van der Waals surface area contributed by atoms with Crippen LogP contribution in [0.5, 0.6) is 0 Å². The Hall–Kier alpha value is -2.18. The Morgan fingerprint density at radius 2 is 2.15 bits per heavy atom. The largest absolute Gasteiger partial charge is 0.360 e. The first-order valence-corrected chi connectivity index (χ1v) is 9.41. The van der Waals surface area contributed by atoms with Gasteiger partial charge in [0.2, 0.25) is 5.91 Å². The highest BCUT2D eigenvalue weighted by atomic mass is 16.5. The standard InChI is InChI=1S/C20H23N3O3/c1-2-15-10-16(26-21-15)12-22-9-8-20-18(22)11-19(24)23(20)17(13-25-20)14-6-4-3-5-7-14/h3-7,10,17-18H,2,8-9,11-13H2,1H3/t17-,18+,20-/m0/s1. The van der Waals surface area contributed by atoms with Gasteiger partial charge in [-0.05, 0) is 12.0 Å². The summed E-state index contributed by atoms with van der Waals surface area (Å²) in [4.78, 5) is 17.2. The highest BCUT2D eigenvalue weighted by Gasteiger charge is 2.64. The van der Waals surface area contributed by atoms with Gasteiger partial charge in [0.25, 0.3) is 0 Å². The van der Waals surface area contributed by atoms with E-state index in [0.717, 1.165) is 36.4 Å². The van der Waals surface area contributed by atoms with Gasteiger partial charge in [-0.15, -0.1) is 0 Å². The van der Waals surface area contributed by atoms with Gasteiger partial charge in [0, 0.05) is 25.5 Å². The van der Waals surface area contributed by atoms with Crippen LogP contribution >= 0.6 is 0 Å². The number of amides is 1. The molecule has 2 aromatic rings. The summed E-state index contributed by atoms with van der Waals surface area (Å²) in [5.74, 6) is 1.06. The first kappa shape index (κ1) is 16.0. The topological polar surface area (TPSA) is 58.8 Å². The Morgan fingerprint density at radius 3 is 2.92 bits per heavy atom. The van der Waals surface area contributed by atoms with Crippen molar-refractivity contribution in [1.82, 2.24) is 15.0 Å². The molecule has 4 heterocycles. The van der Waals surface area contributed by atoms with Gasteiger partial charge in [-0.3, -0.25) is 9.69 Å². The normalized spacial score (nSPS) is 30.8. The van der Waals surface area contributed by atoms with E-state index in [0.29, 0.717) is 19.6 Å². The maximum Gasteiger partial charge on any atom is 0.227 e. The predicted molar refractivity (Wildman–Crippen MR) is 94.0 cm³/mol. The Labute approximate surface area is 152 Å². The van der Waals surface area contributed by atoms with Gasteiger partial charge in [0.05, 0.1) is 30.9 Å². The van der Waals surface area contributed by atoms with E-state index in [1.807, 2.05) is 29.2 Å². The van der Waals surface area contributed by atoms with Gasteiger partial charge in [0.15, 0.2) is 11.5 Å². The Kier molecular flexibility index (Phi) is 3.65. The second kappa shape index (κ2) is 5.93. The van der Waals surface area contributed by atoms with Crippen LogP contribution in [0.1, 0.15) is 42.8 Å². The Bertz CT molecular complexity index is 821. The number of benzene rings is 1. The van der Waals surface area contributed by atoms with Crippen LogP contribution in [0.2, 0.25) is 0 Å². The number of ether oxygens (including phenoxy) is 1. The summed E-state index contributed by atoms with van der Waals surface area (Å²) in [7, 11) is 0. The molecule has 0 radical (unpaired) electrons. The second-order valence-corrected chi connectivity index (χ2v) is 7.42. The van der Waals surface area contributed by atoms with E-state index >= 15 is 0 Å². The number of carbonyl (C=O) groups is 1. The smallest absolute Gasteiger partial charge is 0.227 e. The Balaban J connectivity index is 1.40. The summed E-state index contributed by atoms with van der Waals surface area (Å²) in [5.41, 5.74) is 1.64. The van der Waals surface area contributed by atoms with Crippen molar-refractivity contribution < 1.29 is 14.1 Å². The van der Waals surface area contributed by atoms with E-state index < -0.39 is 5.72 Å². The molecule has 1 aromatic carbocycles. The zero-order valence-electron chi connectivity index (χ0n) is 14.9. The SMILES string of the molecule is CCc1cc(CN2CC[C@@]34OC[C@@H](c5ccccc5)N3C(=O)C[C@@H]24)on1. The van der Waals surface area contributed by atoms with Gasteiger partial charge >= 0.3 is 0 Å². The van der Waals surface area contributed by atoms with E-state index in [1.165, 1.54) is 0 Å². The zero-order valence-corrected chi connectivity index (χ0v) is 14.9. The third-order valence-electron chi connectivity index (χ3n) is 6.08. The van der Waals surface area contributed by atoms with Crippen molar-refractivity contribution >= 4 is 5.91 Å². The molecule has 6 nitrogen and oxygen atoms in total. The average molecular weight is 353 g/mol. The molecule has 6 heteroatoms. The summed E-state index contributed by atoms with van der Waals surface area (Å²) in [6, 6.07) is 12.3. The fourth-order valence-electron chi connectivity index (χ4n) is 4.84. The minimum absolute atomic E-state index is 0.0191. The number of rotatable bonds is 4. The van der Waals surface area contributed by atoms with Crippen molar-refractivity contribution in [3.8, 4) is 0 Å². The molecule has 1 spiro atoms. The van der Waals surface area contributed by atoms with Crippen molar-refractivity contribution in [1.29, 1.82) is 0 Å². The number of aromatic nitrogens is 1. The molecular formula is C20H23N3O3. The van der Waals surface area contributed by atoms with Crippen LogP contribution < -0.4 is 0 Å². The van der Waals surface area contributed by atoms with Crippen molar-refractivity contribution in [3.05, 3.63) is 53.4 Å². The summed E-state index contributed by atoms with van der Waals surface area (Å²) in [6.07, 6.45) is 2.23. The lowest BCUT2D eigenvalue weighted by molar-refractivity contribution is -0.138. The van der Waals surface area contributed by atoms with Crippen molar-refractivity contribution in [2.75, 3.05) is 13.2 Å². The molecule has 1 aromatic heterocycles. The molecular weight excluding hydrogens is 330 g/mol. The Morgan fingerprint density at radius 1 is 1.31 bits per heavy atom. The predicted octanol–water partition coefficient (Wildman–Crippen LogP) is 2.51. The maximum atomic E-state index is 12.9. The molecule has 0 aliphatic carbocycles. The van der Waals surface area contributed by atoms with Crippen LogP contribution in [0, 0.1) is 0 Å². The number of hydrogen-bond donors (Lipinski definition) is 0. The van der Waals surface area contributed by atoms with Crippen LogP contribution in [0.15, 0.2) is 40.9 Å². The average Bonchev–Trinajstić information content (AvgIpc) is 3.40. The number of hydrogen-bond acceptors (Lipinski definition) is 5. The molecule has 26 heavy (non-hydrogen) atoms. The first-order chi connectivity index (χ1) is 12.7. The van der Waals surface area contributed by atoms with Gasteiger partial charge < -0.3 is 14.2 Å². The highest BCUT2D eigenvalue weighted by molar-refractivity contribution is 5.82. The van der Waals surface area contributed by atoms with E-state index in [1.54, 1.807) is 0 Å². The molecule has 5 rings (SSSR count). The molecule has 3 aliphatic heterocycles. The van der Waals surface area contributed by atoms with Gasteiger partial charge in [0.1, 0.15) is 0 Å². The van der Waals surface area contributed by atoms with Crippen molar-refractivity contribution in [3.63, 3.8) is 0 Å². The highest BCUT2D eigenvalue weighted by Crippen LogP contribution is 2.51. The fourth-order valence-corrected chi connectivity index (χ4v) is 4.84. The van der Waals surface area contributed by atoms with Gasteiger partial charge in [-0.25, -0.2) is 0 Å². The van der Waals surface area contributed by atoms with E-state index in [4.69, 9.17) is 9.26 Å². The third-order valence-corrected chi connectivity index (χ3v) is 6.08. The number of likely N-dealkylation sites (tertiary alicyclic amines) is 1. The van der Waals surface area contributed by atoms with Crippen LogP contribution in [0.3, 0.4) is 0 Å². The molecule has 3 fully saturated rings. The molecule has 3 aliphatic rings. The van der Waals surface area contributed by atoms with Gasteiger partial charge in [-0.2, -0.15) is 0 Å². The quantitative estimate of drug-likeness (QED) is 0.845. The third kappa shape index (κ3) is 2.25. The lowest BCUT2D eigenvalue weighted by atomic mass is 10.0. The molecule has 0 unspecified atom stereocenters. The summed E-state index contributed by atoms with van der Waals surface area (Å²) < 4.78 is 11.8. The van der Waals surface area contributed by atoms with Crippen LogP contribution in [-0.4, -0.2) is 45.8 Å². The van der Waals surface area contributed by atoms with Crippen LogP contribution in [0.25, 0.3) is 0 Å². The molecule has 0 saturated carbocycles. The fraction of sp³-hybridized carbons (Fsp3) is 0.500. The van der Waals surface area contributed by atoms with Crippen LogP contribution in [0.4, 0.5) is 0 Å². The van der Waals surface area contributed by atoms with Crippen LogP contribution in [-0.2, 0) is 22.5 Å². The summed E-state index contributed by atoms with van der Waals surface area (Å²) in [5, 5.41) is 4.08. The minimum Gasteiger partial charge on any atom is -0.360 e. The summed E-state index contributed by atoms with van der Waals surface area (Å²) in [6.45, 7) is 4.22. The summed E-state index contributed by atoms with van der Waals surface area (Å²) >= 11 is 0. The van der Waals surface area contributed by atoms with Crippen molar-refractivity contribution in [2.24, 2.45) is 0 Å². The molecule has 136 valence electrons. The molecule has 3 saturated heterocycles. The maximum absolute atomic E-state index is 12.9. The minimum atomic E-state index is -0.481. The molecule has 0 N–H and O–H groups in total. The van der Waals surface area contributed by atoms with Gasteiger partial charge in [-0.1, -0.05) is 42.4 Å². The first-order valence-electron chi connectivity index (χ1n) is 9.41. The lowest BCUT2D eigenvalue weighted by Crippen LogP contribution is -2.48. The zero-order chi connectivity index (χ0) is 17.7. The van der Waals surface area contributed by atoms with Crippen molar-refractivity contribution in [2.45, 2.75) is 50.5 Å². The van der Waals surface area contributed by atoms with E-state index in [2.05, 4.69) is 29.1 Å². The lowest BCUT2D eigenvalue weighted by Gasteiger charge is -2.33. The number of nitrogens with zero attached hydrogens (tertiary/aromatic N) is 3. The number of aryl methyl sites for hydroxylation is 1. The molecule has 0 bridgehead atoms. The molecule has 3 atom stereocenters. The second-order valence-electron chi connectivity index (χ2n) is 7.42. The monoisotopic (exact) mass is 353 g/mol. The van der Waals surface area contributed by atoms with E-state index in [-0.39, 0.29) is 18.0 Å². The number of carbonyl (C=O) groups excluding carboxylic acids is 1. The van der Waals surface area contributed by atoms with E-state index in [9.17, 15) is 4.79 Å².